The quantitative estimate of drug-likeness (QED) is 0.322. The number of nitrogens with zero attached hydrogens (tertiary/aromatic N) is 4. The maximum Gasteiger partial charge on any atom is 0.249 e. The van der Waals surface area contributed by atoms with Gasteiger partial charge in [0.05, 0.1) is 19.2 Å². The van der Waals surface area contributed by atoms with Crippen LogP contribution in [0.5, 0.6) is 11.5 Å². The second-order valence-electron chi connectivity index (χ2n) is 9.60. The number of methoxy groups -OCH3 is 1. The van der Waals surface area contributed by atoms with Crippen molar-refractivity contribution >= 4 is 28.5 Å². The SMILES string of the molecule is CCOc1cccc(N(C(=O)Cn2nnc3ccccc32)C(C(=O)NC2CCCC2)c2cccc(OC)c2)c1. The minimum Gasteiger partial charge on any atom is -0.497 e. The van der Waals surface area contributed by atoms with Crippen LogP contribution < -0.4 is 19.7 Å². The van der Waals surface area contributed by atoms with Gasteiger partial charge in [-0.15, -0.1) is 5.10 Å². The lowest BCUT2D eigenvalue weighted by atomic mass is 10.0. The maximum atomic E-state index is 14.2. The molecule has 1 heterocycles. The Labute approximate surface area is 227 Å². The molecule has 5 rings (SSSR count). The van der Waals surface area contributed by atoms with E-state index in [9.17, 15) is 9.59 Å². The van der Waals surface area contributed by atoms with Gasteiger partial charge in [-0.25, -0.2) is 4.68 Å². The van der Waals surface area contributed by atoms with Crippen LogP contribution in [0.4, 0.5) is 5.69 Å². The first-order chi connectivity index (χ1) is 19.1. The molecule has 0 saturated heterocycles. The molecule has 9 nitrogen and oxygen atoms in total. The predicted octanol–water partition coefficient (Wildman–Crippen LogP) is 4.67. The van der Waals surface area contributed by atoms with Gasteiger partial charge in [0.15, 0.2) is 0 Å². The van der Waals surface area contributed by atoms with Gasteiger partial charge < -0.3 is 14.8 Å². The topological polar surface area (TPSA) is 98.6 Å². The third-order valence-electron chi connectivity index (χ3n) is 7.00. The Balaban J connectivity index is 1.60. The highest BCUT2D eigenvalue weighted by atomic mass is 16.5. The fraction of sp³-hybridized carbons (Fsp3) is 0.333. The molecule has 1 atom stereocenters. The highest BCUT2D eigenvalue weighted by Gasteiger charge is 2.35. The van der Waals surface area contributed by atoms with Crippen molar-refractivity contribution in [2.75, 3.05) is 18.6 Å². The molecule has 0 aliphatic heterocycles. The van der Waals surface area contributed by atoms with Crippen LogP contribution in [0.1, 0.15) is 44.2 Å². The third-order valence-corrected chi connectivity index (χ3v) is 7.00. The summed E-state index contributed by atoms with van der Waals surface area (Å²) in [6.07, 6.45) is 4.00. The summed E-state index contributed by atoms with van der Waals surface area (Å²) < 4.78 is 12.8. The second kappa shape index (κ2) is 12.0. The standard InChI is InChI=1S/C30H33N5O4/c1-3-39-25-15-9-13-23(19-25)35(28(36)20-34-27-17-7-6-16-26(27)32-33-34)29(21-10-8-14-24(18-21)38-2)30(37)31-22-11-4-5-12-22/h6-10,13-19,22,29H,3-5,11-12,20H2,1-2H3,(H,31,37). The minimum absolute atomic E-state index is 0.0802. The third kappa shape index (κ3) is 5.87. The highest BCUT2D eigenvalue weighted by molar-refractivity contribution is 6.01. The molecule has 1 aliphatic carbocycles. The van der Waals surface area contributed by atoms with Gasteiger partial charge in [-0.2, -0.15) is 0 Å². The normalized spacial score (nSPS) is 14.2. The summed E-state index contributed by atoms with van der Waals surface area (Å²) in [6.45, 7) is 2.28. The molecule has 1 fully saturated rings. The number of benzene rings is 3. The molecule has 39 heavy (non-hydrogen) atoms. The first-order valence-electron chi connectivity index (χ1n) is 13.3. The average molecular weight is 528 g/mol. The molecule has 0 bridgehead atoms. The first kappa shape index (κ1) is 26.2. The van der Waals surface area contributed by atoms with Gasteiger partial charge >= 0.3 is 0 Å². The summed E-state index contributed by atoms with van der Waals surface area (Å²) in [7, 11) is 1.58. The van der Waals surface area contributed by atoms with Crippen LogP contribution in [-0.2, 0) is 16.1 Å². The number of ether oxygens (including phenoxy) is 2. The number of anilines is 1. The monoisotopic (exact) mass is 527 g/mol. The summed E-state index contributed by atoms with van der Waals surface area (Å²) in [6, 6.07) is 21.2. The van der Waals surface area contributed by atoms with Crippen LogP contribution in [0.15, 0.2) is 72.8 Å². The summed E-state index contributed by atoms with van der Waals surface area (Å²) in [4.78, 5) is 29.8. The number of hydrogen-bond acceptors (Lipinski definition) is 6. The van der Waals surface area contributed by atoms with E-state index in [1.54, 1.807) is 23.9 Å². The Morgan fingerprint density at radius 2 is 1.79 bits per heavy atom. The number of fused-ring (bicyclic) bond motifs is 1. The number of amides is 2. The van der Waals surface area contributed by atoms with Crippen molar-refractivity contribution < 1.29 is 19.1 Å². The Kier molecular flexibility index (Phi) is 8.05. The van der Waals surface area contributed by atoms with Gasteiger partial charge in [0, 0.05) is 17.8 Å². The largest absolute Gasteiger partial charge is 0.497 e. The minimum atomic E-state index is -0.945. The Hall–Kier alpha value is -4.40. The average Bonchev–Trinajstić information content (AvgIpc) is 3.62. The van der Waals surface area contributed by atoms with E-state index < -0.39 is 6.04 Å². The van der Waals surface area contributed by atoms with Crippen LogP contribution in [0.2, 0.25) is 0 Å². The van der Waals surface area contributed by atoms with E-state index in [0.717, 1.165) is 31.2 Å². The molecule has 0 radical (unpaired) electrons. The van der Waals surface area contributed by atoms with Crippen molar-refractivity contribution in [1.82, 2.24) is 20.3 Å². The Morgan fingerprint density at radius 1 is 1.03 bits per heavy atom. The van der Waals surface area contributed by atoms with Gasteiger partial charge in [-0.1, -0.05) is 48.4 Å². The van der Waals surface area contributed by atoms with Crippen LogP contribution in [0.3, 0.4) is 0 Å². The number of rotatable bonds is 10. The van der Waals surface area contributed by atoms with E-state index in [1.165, 1.54) is 4.90 Å². The van der Waals surface area contributed by atoms with Crippen molar-refractivity contribution in [1.29, 1.82) is 0 Å². The van der Waals surface area contributed by atoms with Crippen LogP contribution in [-0.4, -0.2) is 46.6 Å². The number of carbonyl (C=O) groups excluding carboxylic acids is 2. The molecule has 9 heteroatoms. The summed E-state index contributed by atoms with van der Waals surface area (Å²) in [5.74, 6) is 0.658. The molecule has 1 unspecified atom stereocenters. The molecule has 4 aromatic rings. The molecule has 2 amide bonds. The van der Waals surface area contributed by atoms with E-state index in [2.05, 4.69) is 15.6 Å². The van der Waals surface area contributed by atoms with Crippen LogP contribution in [0, 0.1) is 0 Å². The number of hydrogen-bond donors (Lipinski definition) is 1. The predicted molar refractivity (Wildman–Crippen MR) is 149 cm³/mol. The van der Waals surface area contributed by atoms with Crippen molar-refractivity contribution in [2.45, 2.75) is 51.2 Å². The highest BCUT2D eigenvalue weighted by Crippen LogP contribution is 2.33. The molecule has 1 aromatic heterocycles. The Morgan fingerprint density at radius 3 is 2.59 bits per heavy atom. The molecule has 1 N–H and O–H groups in total. The molecule has 1 saturated carbocycles. The fourth-order valence-corrected chi connectivity index (χ4v) is 5.14. The first-order valence-corrected chi connectivity index (χ1v) is 13.3. The van der Waals surface area contributed by atoms with E-state index in [1.807, 2.05) is 67.6 Å². The number of nitrogens with one attached hydrogen (secondary N) is 1. The lowest BCUT2D eigenvalue weighted by Crippen LogP contribution is -2.47. The fourth-order valence-electron chi connectivity index (χ4n) is 5.14. The molecule has 3 aromatic carbocycles. The molecule has 0 spiro atoms. The van der Waals surface area contributed by atoms with Gasteiger partial charge in [0.25, 0.3) is 0 Å². The Bertz CT molecular complexity index is 1450. The summed E-state index contributed by atoms with van der Waals surface area (Å²) in [5, 5.41) is 11.6. The van der Waals surface area contributed by atoms with Crippen LogP contribution in [0.25, 0.3) is 11.0 Å². The second-order valence-corrected chi connectivity index (χ2v) is 9.60. The van der Waals surface area contributed by atoms with E-state index in [0.29, 0.717) is 34.9 Å². The molecular formula is C30H33N5O4. The molecular weight excluding hydrogens is 494 g/mol. The molecule has 202 valence electrons. The van der Waals surface area contributed by atoms with E-state index in [-0.39, 0.29) is 24.4 Å². The van der Waals surface area contributed by atoms with Gasteiger partial charge in [-0.3, -0.25) is 14.5 Å². The zero-order chi connectivity index (χ0) is 27.2. The lowest BCUT2D eigenvalue weighted by molar-refractivity contribution is -0.127. The van der Waals surface area contributed by atoms with E-state index >= 15 is 0 Å². The zero-order valence-corrected chi connectivity index (χ0v) is 22.2. The van der Waals surface area contributed by atoms with Gasteiger partial charge in [0.1, 0.15) is 29.6 Å². The summed E-state index contributed by atoms with van der Waals surface area (Å²) >= 11 is 0. The van der Waals surface area contributed by atoms with Crippen molar-refractivity contribution in [3.8, 4) is 11.5 Å². The van der Waals surface area contributed by atoms with Crippen molar-refractivity contribution in [3.63, 3.8) is 0 Å². The number of carbonyl (C=O) groups is 2. The van der Waals surface area contributed by atoms with Gasteiger partial charge in [-0.05, 0) is 61.7 Å². The smallest absolute Gasteiger partial charge is 0.249 e. The zero-order valence-electron chi connectivity index (χ0n) is 22.2. The maximum absolute atomic E-state index is 14.2. The molecule has 1 aliphatic rings. The lowest BCUT2D eigenvalue weighted by Gasteiger charge is -2.32. The van der Waals surface area contributed by atoms with Gasteiger partial charge in [0.2, 0.25) is 11.8 Å². The summed E-state index contributed by atoms with van der Waals surface area (Å²) in [5.41, 5.74) is 2.62. The number of para-hydroxylation sites is 1. The van der Waals surface area contributed by atoms with Crippen molar-refractivity contribution in [3.05, 3.63) is 78.4 Å². The number of aromatic nitrogens is 3. The van der Waals surface area contributed by atoms with Crippen LogP contribution >= 0.6 is 0 Å². The van der Waals surface area contributed by atoms with E-state index in [4.69, 9.17) is 9.47 Å². The van der Waals surface area contributed by atoms with Crippen molar-refractivity contribution in [2.24, 2.45) is 0 Å².